The highest BCUT2D eigenvalue weighted by molar-refractivity contribution is 6.20. The van der Waals surface area contributed by atoms with Gasteiger partial charge in [-0.1, -0.05) is 0 Å². The average Bonchev–Trinajstić information content (AvgIpc) is 2.99. The van der Waals surface area contributed by atoms with E-state index >= 15 is 0 Å². The predicted octanol–water partition coefficient (Wildman–Crippen LogP) is 3.02. The summed E-state index contributed by atoms with van der Waals surface area (Å²) in [6, 6.07) is 2.04. The van der Waals surface area contributed by atoms with Crippen molar-refractivity contribution in [2.75, 3.05) is 0 Å². The number of pyridine rings is 1. The summed E-state index contributed by atoms with van der Waals surface area (Å²) in [5.41, 5.74) is 2.89. The molecule has 110 valence electrons. The Balaban J connectivity index is 1.99. The molecule has 3 rings (SSSR count). The third kappa shape index (κ3) is 2.65. The van der Waals surface area contributed by atoms with Crippen LogP contribution in [0, 0.1) is 6.92 Å². The molecule has 1 unspecified atom stereocenters. The van der Waals surface area contributed by atoms with Crippen LogP contribution in [0.2, 0.25) is 0 Å². The van der Waals surface area contributed by atoms with E-state index in [9.17, 15) is 0 Å². The van der Waals surface area contributed by atoms with Gasteiger partial charge in [-0.2, -0.15) is 0 Å². The lowest BCUT2D eigenvalue weighted by molar-refractivity contribution is 0.630. The highest BCUT2D eigenvalue weighted by Crippen LogP contribution is 2.24. The van der Waals surface area contributed by atoms with Crippen molar-refractivity contribution in [3.8, 4) is 0 Å². The molecule has 0 aliphatic rings. The van der Waals surface area contributed by atoms with E-state index < -0.39 is 0 Å². The van der Waals surface area contributed by atoms with Gasteiger partial charge in [0.25, 0.3) is 0 Å². The minimum absolute atomic E-state index is 0.152. The number of aromatic nitrogens is 5. The van der Waals surface area contributed by atoms with Crippen LogP contribution in [-0.4, -0.2) is 24.1 Å². The second-order valence-electron chi connectivity index (χ2n) is 5.30. The molecule has 0 aromatic carbocycles. The van der Waals surface area contributed by atoms with E-state index in [1.54, 1.807) is 0 Å². The fourth-order valence-electron chi connectivity index (χ4n) is 2.50. The molecule has 3 heterocycles. The van der Waals surface area contributed by atoms with Crippen molar-refractivity contribution >= 4 is 22.8 Å². The molecule has 0 aliphatic heterocycles. The van der Waals surface area contributed by atoms with Crippen LogP contribution in [0.4, 0.5) is 0 Å². The number of hydrogen-bond acceptors (Lipinski definition) is 3. The number of fused-ring (bicyclic) bond motifs is 1. The average molecular weight is 304 g/mol. The summed E-state index contributed by atoms with van der Waals surface area (Å²) in [5, 5.41) is -0.152. The Kier molecular flexibility index (Phi) is 3.68. The van der Waals surface area contributed by atoms with Crippen molar-refractivity contribution in [3.63, 3.8) is 0 Å². The molecular weight excluding hydrogens is 286 g/mol. The number of rotatable bonds is 4. The molecule has 0 bridgehead atoms. The van der Waals surface area contributed by atoms with Crippen LogP contribution < -0.4 is 0 Å². The molecule has 0 radical (unpaired) electrons. The van der Waals surface area contributed by atoms with E-state index in [1.807, 2.05) is 50.1 Å². The molecule has 21 heavy (non-hydrogen) atoms. The van der Waals surface area contributed by atoms with Gasteiger partial charge in [-0.15, -0.1) is 11.6 Å². The van der Waals surface area contributed by atoms with E-state index in [1.165, 1.54) is 0 Å². The first-order valence-corrected chi connectivity index (χ1v) is 7.43. The van der Waals surface area contributed by atoms with Crippen LogP contribution in [0.25, 0.3) is 11.2 Å². The number of hydrogen-bond donors (Lipinski definition) is 0. The van der Waals surface area contributed by atoms with Crippen LogP contribution in [0.1, 0.15) is 29.5 Å². The van der Waals surface area contributed by atoms with Gasteiger partial charge in [0.15, 0.2) is 5.65 Å². The van der Waals surface area contributed by atoms with Gasteiger partial charge in [-0.3, -0.25) is 0 Å². The molecule has 0 amide bonds. The van der Waals surface area contributed by atoms with Gasteiger partial charge >= 0.3 is 0 Å². The maximum Gasteiger partial charge on any atom is 0.160 e. The van der Waals surface area contributed by atoms with E-state index in [0.29, 0.717) is 0 Å². The zero-order valence-corrected chi connectivity index (χ0v) is 13.2. The zero-order valence-electron chi connectivity index (χ0n) is 12.4. The van der Waals surface area contributed by atoms with Gasteiger partial charge in [0.1, 0.15) is 17.2 Å². The van der Waals surface area contributed by atoms with Gasteiger partial charge in [0.05, 0.1) is 5.38 Å². The lowest BCUT2D eigenvalue weighted by atomic mass is 10.3. The topological polar surface area (TPSA) is 48.5 Å². The van der Waals surface area contributed by atoms with Crippen LogP contribution in [0.15, 0.2) is 24.7 Å². The fourth-order valence-corrected chi connectivity index (χ4v) is 2.67. The van der Waals surface area contributed by atoms with Crippen LogP contribution in [-0.2, 0) is 20.0 Å². The first-order chi connectivity index (χ1) is 10.1. The smallest absolute Gasteiger partial charge is 0.160 e. The summed E-state index contributed by atoms with van der Waals surface area (Å²) >= 11 is 6.28. The monoisotopic (exact) mass is 303 g/mol. The Morgan fingerprint density at radius 2 is 2.14 bits per heavy atom. The normalized spacial score (nSPS) is 13.0. The fraction of sp³-hybridized carbons (Fsp3) is 0.400. The SMILES string of the molecule is Cc1cnc2c(c1)nc(C(C)Cl)n2CCc1nccn1C. The van der Waals surface area contributed by atoms with Crippen LogP contribution in [0.5, 0.6) is 0 Å². The van der Waals surface area contributed by atoms with Crippen LogP contribution in [0.3, 0.4) is 0 Å². The molecule has 3 aromatic rings. The Labute approximate surface area is 128 Å². The van der Waals surface area contributed by atoms with Gasteiger partial charge in [0.2, 0.25) is 0 Å². The Morgan fingerprint density at radius 1 is 1.33 bits per heavy atom. The molecule has 3 aromatic heterocycles. The zero-order chi connectivity index (χ0) is 15.0. The molecule has 0 saturated carbocycles. The maximum atomic E-state index is 6.28. The third-order valence-electron chi connectivity index (χ3n) is 3.59. The lowest BCUT2D eigenvalue weighted by Gasteiger charge is -2.10. The summed E-state index contributed by atoms with van der Waals surface area (Å²) < 4.78 is 4.13. The van der Waals surface area contributed by atoms with Gasteiger partial charge in [-0.05, 0) is 25.5 Å². The van der Waals surface area contributed by atoms with Crippen molar-refractivity contribution in [1.29, 1.82) is 0 Å². The Hall–Kier alpha value is -1.88. The second kappa shape index (κ2) is 5.48. The van der Waals surface area contributed by atoms with Crippen molar-refractivity contribution in [3.05, 3.63) is 41.9 Å². The first kappa shape index (κ1) is 14.1. The molecule has 0 spiro atoms. The summed E-state index contributed by atoms with van der Waals surface area (Å²) in [6.07, 6.45) is 6.45. The maximum absolute atomic E-state index is 6.28. The van der Waals surface area contributed by atoms with E-state index in [0.717, 1.165) is 41.3 Å². The molecule has 0 N–H and O–H groups in total. The standard InChI is InChI=1S/C15H18ClN5/c1-10-8-12-15(18-9-10)21(14(19-12)11(2)16)6-4-13-17-5-7-20(13)3/h5,7-9,11H,4,6H2,1-3H3. The highest BCUT2D eigenvalue weighted by Gasteiger charge is 2.16. The largest absolute Gasteiger partial charge is 0.338 e. The number of aryl methyl sites for hydroxylation is 4. The van der Waals surface area contributed by atoms with Crippen molar-refractivity contribution in [1.82, 2.24) is 24.1 Å². The summed E-state index contributed by atoms with van der Waals surface area (Å²) in [6.45, 7) is 4.72. The lowest BCUT2D eigenvalue weighted by Crippen LogP contribution is -2.10. The number of alkyl halides is 1. The van der Waals surface area contributed by atoms with E-state index in [4.69, 9.17) is 11.6 Å². The highest BCUT2D eigenvalue weighted by atomic mass is 35.5. The molecule has 5 nitrogen and oxygen atoms in total. The second-order valence-corrected chi connectivity index (χ2v) is 5.95. The van der Waals surface area contributed by atoms with E-state index in [2.05, 4.69) is 19.5 Å². The molecule has 0 fully saturated rings. The number of imidazole rings is 2. The minimum atomic E-state index is -0.152. The quantitative estimate of drug-likeness (QED) is 0.696. The molecular formula is C15H18ClN5. The van der Waals surface area contributed by atoms with E-state index in [-0.39, 0.29) is 5.38 Å². The number of halogens is 1. The van der Waals surface area contributed by atoms with Crippen molar-refractivity contribution < 1.29 is 0 Å². The summed E-state index contributed by atoms with van der Waals surface area (Å²) in [5.74, 6) is 1.90. The van der Waals surface area contributed by atoms with Gasteiger partial charge in [0, 0.05) is 38.6 Å². The van der Waals surface area contributed by atoms with Gasteiger partial charge in [-0.25, -0.2) is 15.0 Å². The third-order valence-corrected chi connectivity index (χ3v) is 3.78. The molecule has 6 heteroatoms. The summed E-state index contributed by atoms with van der Waals surface area (Å²) in [4.78, 5) is 13.5. The van der Waals surface area contributed by atoms with Crippen LogP contribution >= 0.6 is 11.6 Å². The molecule has 0 aliphatic carbocycles. The summed E-state index contributed by atoms with van der Waals surface area (Å²) in [7, 11) is 2.00. The Bertz CT molecular complexity index is 772. The predicted molar refractivity (Wildman–Crippen MR) is 83.4 cm³/mol. The Morgan fingerprint density at radius 3 is 2.81 bits per heavy atom. The van der Waals surface area contributed by atoms with Gasteiger partial charge < -0.3 is 9.13 Å². The molecule has 1 atom stereocenters. The van der Waals surface area contributed by atoms with Crippen molar-refractivity contribution in [2.24, 2.45) is 7.05 Å². The van der Waals surface area contributed by atoms with Crippen molar-refractivity contribution in [2.45, 2.75) is 32.2 Å². The first-order valence-electron chi connectivity index (χ1n) is 6.99. The molecule has 0 saturated heterocycles. The number of nitrogens with zero attached hydrogens (tertiary/aromatic N) is 5. The minimum Gasteiger partial charge on any atom is -0.338 e.